The fraction of sp³-hybridized carbons (Fsp3) is 0.870. The first-order valence-electron chi connectivity index (χ1n) is 11.7. The Morgan fingerprint density at radius 3 is 1.75 bits per heavy atom. The average molecular weight is 396 g/mol. The van der Waals surface area contributed by atoms with Gasteiger partial charge in [-0.3, -0.25) is 9.59 Å². The Hall–Kier alpha value is -1.39. The number of amides is 1. The van der Waals surface area contributed by atoms with Crippen molar-refractivity contribution in [2.75, 3.05) is 0 Å². The monoisotopic (exact) mass is 395 g/mol. The number of cyclic esters (lactones) is 2. The van der Waals surface area contributed by atoms with E-state index in [0.29, 0.717) is 12.8 Å². The number of unbranched alkanes of at least 4 members (excludes halogenated alkanes) is 14. The zero-order valence-electron chi connectivity index (χ0n) is 17.9. The van der Waals surface area contributed by atoms with Crippen molar-refractivity contribution in [2.45, 2.75) is 129 Å². The van der Waals surface area contributed by atoms with Gasteiger partial charge >= 0.3 is 11.9 Å². The van der Waals surface area contributed by atoms with Crippen molar-refractivity contribution in [1.29, 1.82) is 0 Å². The largest absolute Gasteiger partial charge is 0.392 e. The normalized spacial score (nSPS) is 16.8. The molecule has 5 nitrogen and oxygen atoms in total. The number of carbonyl (C=O) groups excluding carboxylic acids is 3. The van der Waals surface area contributed by atoms with Crippen LogP contribution in [0, 0.1) is 0 Å². The van der Waals surface area contributed by atoms with Crippen LogP contribution in [0.4, 0.5) is 0 Å². The van der Waals surface area contributed by atoms with E-state index in [9.17, 15) is 14.4 Å². The van der Waals surface area contributed by atoms with Crippen molar-refractivity contribution in [3.63, 3.8) is 0 Å². The molecule has 0 spiro atoms. The average Bonchev–Trinajstić information content (AvgIpc) is 2.67. The van der Waals surface area contributed by atoms with E-state index in [0.717, 1.165) is 12.8 Å². The summed E-state index contributed by atoms with van der Waals surface area (Å²) in [5.74, 6) is -1.25. The Kier molecular flexibility index (Phi) is 14.6. The first-order chi connectivity index (χ1) is 13.6. The number of hydrogen-bond acceptors (Lipinski definition) is 4. The molecule has 1 heterocycles. The van der Waals surface area contributed by atoms with Crippen molar-refractivity contribution >= 4 is 17.8 Å². The maximum atomic E-state index is 11.9. The van der Waals surface area contributed by atoms with E-state index >= 15 is 0 Å². The number of rotatable bonds is 17. The standard InChI is InChI=1S/C23H41NO4/c1-2-3-4-5-6-7-8-9-10-11-12-13-14-15-16-17-21(25)24-20-18-19-22(26)28-23(20)27/h20H,2-19H2,1H3,(H,24,25)/t20-/m0/s1. The Bertz CT molecular complexity index is 450. The zero-order valence-corrected chi connectivity index (χ0v) is 17.9. The Balaban J connectivity index is 1.82. The predicted octanol–water partition coefficient (Wildman–Crippen LogP) is 5.60. The quantitative estimate of drug-likeness (QED) is 0.198. The molecule has 0 aliphatic carbocycles. The van der Waals surface area contributed by atoms with E-state index < -0.39 is 18.0 Å². The molecule has 1 saturated heterocycles. The fourth-order valence-corrected chi connectivity index (χ4v) is 3.67. The summed E-state index contributed by atoms with van der Waals surface area (Å²) < 4.78 is 4.54. The lowest BCUT2D eigenvalue weighted by atomic mass is 10.0. The molecule has 0 bridgehead atoms. The molecule has 0 unspecified atom stereocenters. The van der Waals surface area contributed by atoms with E-state index in [-0.39, 0.29) is 12.3 Å². The molecule has 1 amide bonds. The van der Waals surface area contributed by atoms with Crippen LogP contribution in [0.1, 0.15) is 122 Å². The van der Waals surface area contributed by atoms with Gasteiger partial charge in [-0.05, 0) is 12.8 Å². The predicted molar refractivity (Wildman–Crippen MR) is 112 cm³/mol. The van der Waals surface area contributed by atoms with Gasteiger partial charge in [-0.1, -0.05) is 96.8 Å². The van der Waals surface area contributed by atoms with Gasteiger partial charge in [0.2, 0.25) is 5.91 Å². The van der Waals surface area contributed by atoms with Gasteiger partial charge in [-0.25, -0.2) is 4.79 Å². The van der Waals surface area contributed by atoms with Crippen LogP contribution < -0.4 is 5.32 Å². The lowest BCUT2D eigenvalue weighted by molar-refractivity contribution is -0.166. The molecule has 0 radical (unpaired) electrons. The molecule has 1 atom stereocenters. The second-order valence-corrected chi connectivity index (χ2v) is 8.15. The Morgan fingerprint density at radius 1 is 0.821 bits per heavy atom. The maximum Gasteiger partial charge on any atom is 0.336 e. The smallest absolute Gasteiger partial charge is 0.336 e. The highest BCUT2D eigenvalue weighted by Crippen LogP contribution is 2.14. The molecular formula is C23H41NO4. The minimum absolute atomic E-state index is 0.119. The van der Waals surface area contributed by atoms with Gasteiger partial charge in [0.15, 0.2) is 0 Å². The first kappa shape index (κ1) is 24.6. The highest BCUT2D eigenvalue weighted by Gasteiger charge is 2.29. The number of hydrogen-bond donors (Lipinski definition) is 1. The van der Waals surface area contributed by atoms with Crippen LogP contribution in [-0.4, -0.2) is 23.9 Å². The lowest BCUT2D eigenvalue weighted by Gasteiger charge is -2.20. The summed E-state index contributed by atoms with van der Waals surface area (Å²) in [6.07, 6.45) is 20.4. The van der Waals surface area contributed by atoms with Crippen LogP contribution in [0.3, 0.4) is 0 Å². The zero-order chi connectivity index (χ0) is 20.5. The highest BCUT2D eigenvalue weighted by molar-refractivity contribution is 5.93. The van der Waals surface area contributed by atoms with Crippen molar-refractivity contribution in [3.05, 3.63) is 0 Å². The van der Waals surface area contributed by atoms with Gasteiger partial charge in [-0.2, -0.15) is 0 Å². The molecule has 5 heteroatoms. The van der Waals surface area contributed by atoms with Gasteiger partial charge in [0.05, 0.1) is 0 Å². The van der Waals surface area contributed by atoms with Crippen molar-refractivity contribution < 1.29 is 19.1 Å². The second-order valence-electron chi connectivity index (χ2n) is 8.15. The number of nitrogens with one attached hydrogen (secondary N) is 1. The summed E-state index contributed by atoms with van der Waals surface area (Å²) in [6.45, 7) is 2.26. The minimum atomic E-state index is -0.651. The van der Waals surface area contributed by atoms with Crippen molar-refractivity contribution in [3.8, 4) is 0 Å². The van der Waals surface area contributed by atoms with E-state index in [1.807, 2.05) is 0 Å². The van der Waals surface area contributed by atoms with E-state index in [1.165, 1.54) is 83.5 Å². The molecule has 0 aromatic heterocycles. The van der Waals surface area contributed by atoms with Crippen LogP contribution in [0.15, 0.2) is 0 Å². The third-order valence-corrected chi connectivity index (χ3v) is 5.48. The lowest BCUT2D eigenvalue weighted by Crippen LogP contribution is -2.45. The highest BCUT2D eigenvalue weighted by atomic mass is 16.6. The van der Waals surface area contributed by atoms with Gasteiger partial charge in [0.25, 0.3) is 0 Å². The number of esters is 2. The van der Waals surface area contributed by atoms with Gasteiger partial charge in [0, 0.05) is 12.8 Å². The molecule has 162 valence electrons. The summed E-state index contributed by atoms with van der Waals surface area (Å²) in [6, 6.07) is -0.651. The van der Waals surface area contributed by atoms with E-state index in [4.69, 9.17) is 0 Å². The maximum absolute atomic E-state index is 11.9. The van der Waals surface area contributed by atoms with Crippen LogP contribution in [0.5, 0.6) is 0 Å². The summed E-state index contributed by atoms with van der Waals surface area (Å²) in [7, 11) is 0. The molecule has 28 heavy (non-hydrogen) atoms. The van der Waals surface area contributed by atoms with Gasteiger partial charge < -0.3 is 10.1 Å². The SMILES string of the molecule is CCCCCCCCCCCCCCCCCC(=O)N[C@H]1CCC(=O)OC1=O. The van der Waals surface area contributed by atoms with Gasteiger partial charge in [-0.15, -0.1) is 0 Å². The molecule has 1 aliphatic heterocycles. The second kappa shape index (κ2) is 16.6. The Morgan fingerprint density at radius 2 is 1.29 bits per heavy atom. The third kappa shape index (κ3) is 12.9. The van der Waals surface area contributed by atoms with Crippen molar-refractivity contribution in [2.24, 2.45) is 0 Å². The molecule has 1 fully saturated rings. The van der Waals surface area contributed by atoms with Crippen LogP contribution in [0.25, 0.3) is 0 Å². The first-order valence-corrected chi connectivity index (χ1v) is 11.7. The minimum Gasteiger partial charge on any atom is -0.392 e. The molecule has 0 saturated carbocycles. The Labute approximate surface area is 171 Å². The molecular weight excluding hydrogens is 354 g/mol. The summed E-state index contributed by atoms with van der Waals surface area (Å²) >= 11 is 0. The van der Waals surface area contributed by atoms with E-state index in [1.54, 1.807) is 0 Å². The third-order valence-electron chi connectivity index (χ3n) is 5.48. The van der Waals surface area contributed by atoms with Crippen LogP contribution >= 0.6 is 0 Å². The van der Waals surface area contributed by atoms with Gasteiger partial charge in [0.1, 0.15) is 6.04 Å². The summed E-state index contributed by atoms with van der Waals surface area (Å²) in [4.78, 5) is 34.3. The van der Waals surface area contributed by atoms with Crippen LogP contribution in [0.2, 0.25) is 0 Å². The molecule has 0 aromatic rings. The summed E-state index contributed by atoms with van der Waals surface area (Å²) in [5, 5.41) is 2.67. The van der Waals surface area contributed by atoms with Crippen LogP contribution in [-0.2, 0) is 19.1 Å². The molecule has 1 aliphatic rings. The molecule has 1 rings (SSSR count). The number of ether oxygens (including phenoxy) is 1. The van der Waals surface area contributed by atoms with Crippen molar-refractivity contribution in [1.82, 2.24) is 5.32 Å². The summed E-state index contributed by atoms with van der Waals surface area (Å²) in [5.41, 5.74) is 0. The van der Waals surface area contributed by atoms with E-state index in [2.05, 4.69) is 17.0 Å². The number of carbonyl (C=O) groups is 3. The molecule has 1 N–H and O–H groups in total. The molecule has 0 aromatic carbocycles. The fourth-order valence-electron chi connectivity index (χ4n) is 3.67. The topological polar surface area (TPSA) is 72.5 Å².